The van der Waals surface area contributed by atoms with Crippen LogP contribution in [0.3, 0.4) is 0 Å². The van der Waals surface area contributed by atoms with Crippen LogP contribution in [0.5, 0.6) is 0 Å². The predicted octanol–water partition coefficient (Wildman–Crippen LogP) is 0.928. The van der Waals surface area contributed by atoms with Gasteiger partial charge in [-0.05, 0) is 0 Å². The van der Waals surface area contributed by atoms with Crippen LogP contribution in [-0.4, -0.2) is 5.11 Å². The van der Waals surface area contributed by atoms with Crippen molar-refractivity contribution < 1.29 is 37.8 Å². The van der Waals surface area contributed by atoms with E-state index >= 15 is 0 Å². The van der Waals surface area contributed by atoms with Crippen LogP contribution in [0.4, 0.5) is 0 Å². The van der Waals surface area contributed by atoms with E-state index in [0.717, 1.165) is 13.0 Å². The second-order valence-corrected chi connectivity index (χ2v) is 0.591. The zero-order valence-corrected chi connectivity index (χ0v) is 6.15. The number of hydrogen-bond acceptors (Lipinski definition) is 1. The molecule has 0 aromatic heterocycles. The number of hydrogen-bond donors (Lipinski definition) is 1. The second-order valence-electron chi connectivity index (χ2n) is 0.591. The first-order valence-electron chi connectivity index (χ1n) is 1.37. The minimum Gasteiger partial charge on any atom is -0.566 e. The van der Waals surface area contributed by atoms with E-state index in [1.165, 1.54) is 0 Å². The molecule has 0 aromatic carbocycles. The first-order valence-corrected chi connectivity index (χ1v) is 1.37. The van der Waals surface area contributed by atoms with E-state index < -0.39 is 0 Å². The fraction of sp³-hybridized carbons (Fsp3) is 0.667. The van der Waals surface area contributed by atoms with E-state index in [2.05, 4.69) is 0 Å². The van der Waals surface area contributed by atoms with Crippen molar-refractivity contribution in [2.75, 3.05) is 0 Å². The topological polar surface area (TPSA) is 20.2 Å². The molecule has 0 radical (unpaired) electrons. The zero-order chi connectivity index (χ0) is 3.41. The van der Waals surface area contributed by atoms with Crippen molar-refractivity contribution in [3.63, 3.8) is 0 Å². The molecule has 2 heteroatoms. The molecule has 0 atom stereocenters. The standard InChI is InChI=1S/C3H7O.Y/c1-2-3-4;/h3-4H,2H2,1H3;/q-1;+3. The van der Waals surface area contributed by atoms with Crippen molar-refractivity contribution >= 4 is 0 Å². The molecule has 0 amide bonds. The van der Waals surface area contributed by atoms with Crippen molar-refractivity contribution in [3.05, 3.63) is 6.61 Å². The molecule has 26 valence electrons. The monoisotopic (exact) mass is 148 g/mol. The van der Waals surface area contributed by atoms with E-state index in [0.29, 0.717) is 0 Å². The van der Waals surface area contributed by atoms with Crippen LogP contribution in [0, 0.1) is 6.61 Å². The van der Waals surface area contributed by atoms with E-state index in [9.17, 15) is 0 Å². The molecule has 0 bridgehead atoms. The third-order valence-corrected chi connectivity index (χ3v) is 0.183. The average molecular weight is 148 g/mol. The van der Waals surface area contributed by atoms with Gasteiger partial charge in [0.15, 0.2) is 0 Å². The summed E-state index contributed by atoms with van der Waals surface area (Å²) in [4.78, 5) is 0. The first kappa shape index (κ1) is 9.42. The van der Waals surface area contributed by atoms with Crippen LogP contribution in [0.2, 0.25) is 0 Å². The molecule has 0 saturated carbocycles. The summed E-state index contributed by atoms with van der Waals surface area (Å²) < 4.78 is 0. The third-order valence-electron chi connectivity index (χ3n) is 0.183. The molecule has 0 spiro atoms. The molecule has 0 heterocycles. The summed E-state index contributed by atoms with van der Waals surface area (Å²) in [5.41, 5.74) is 0. The summed E-state index contributed by atoms with van der Waals surface area (Å²) in [5, 5.41) is 7.75. The van der Waals surface area contributed by atoms with Gasteiger partial charge >= 0.3 is 32.7 Å². The Bertz CT molecular complexity index is 8.85. The van der Waals surface area contributed by atoms with Gasteiger partial charge in [-0.3, -0.25) is 0 Å². The molecule has 0 unspecified atom stereocenters. The third kappa shape index (κ3) is 11.2. The van der Waals surface area contributed by atoms with Gasteiger partial charge in [-0.1, -0.05) is 6.92 Å². The molecular formula is C3H7OY+2. The van der Waals surface area contributed by atoms with Gasteiger partial charge in [-0.15, -0.1) is 0 Å². The van der Waals surface area contributed by atoms with Crippen molar-refractivity contribution in [1.29, 1.82) is 0 Å². The van der Waals surface area contributed by atoms with Gasteiger partial charge in [0.2, 0.25) is 0 Å². The van der Waals surface area contributed by atoms with Gasteiger partial charge in [0.25, 0.3) is 0 Å². The Balaban J connectivity index is 0. The van der Waals surface area contributed by atoms with Crippen LogP contribution in [0.1, 0.15) is 13.3 Å². The van der Waals surface area contributed by atoms with Gasteiger partial charge in [0, 0.05) is 0 Å². The Morgan fingerprint density at radius 3 is 2.00 bits per heavy atom. The Hall–Kier alpha value is 1.06. The Labute approximate surface area is 57.6 Å². The summed E-state index contributed by atoms with van der Waals surface area (Å²) in [6, 6.07) is 0. The smallest absolute Gasteiger partial charge is 0.566 e. The number of rotatable bonds is 1. The Morgan fingerprint density at radius 1 is 1.80 bits per heavy atom. The fourth-order valence-electron chi connectivity index (χ4n) is 0. The first-order chi connectivity index (χ1) is 1.91. The molecule has 0 saturated heterocycles. The molecule has 1 N–H and O–H groups in total. The summed E-state index contributed by atoms with van der Waals surface area (Å²) in [7, 11) is 0. The molecule has 0 rings (SSSR count). The van der Waals surface area contributed by atoms with Gasteiger partial charge in [0.1, 0.15) is 0 Å². The quantitative estimate of drug-likeness (QED) is 0.548. The summed E-state index contributed by atoms with van der Waals surface area (Å²) in [6.45, 7) is 3.00. The molecule has 5 heavy (non-hydrogen) atoms. The Morgan fingerprint density at radius 2 is 2.00 bits per heavy atom. The fourth-order valence-corrected chi connectivity index (χ4v) is 0. The minimum absolute atomic E-state index is 0. The van der Waals surface area contributed by atoms with E-state index in [4.69, 9.17) is 5.11 Å². The molecule has 1 nitrogen and oxygen atoms in total. The zero-order valence-electron chi connectivity index (χ0n) is 3.31. The van der Waals surface area contributed by atoms with Gasteiger partial charge in [0.05, 0.1) is 0 Å². The van der Waals surface area contributed by atoms with Gasteiger partial charge in [-0.2, -0.15) is 6.42 Å². The molecular weight excluding hydrogens is 141 g/mol. The number of aliphatic hydroxyl groups excluding tert-OH is 1. The summed E-state index contributed by atoms with van der Waals surface area (Å²) in [6.07, 6.45) is 0.750. The van der Waals surface area contributed by atoms with E-state index in [-0.39, 0.29) is 32.7 Å². The van der Waals surface area contributed by atoms with Crippen molar-refractivity contribution in [1.82, 2.24) is 0 Å². The maximum atomic E-state index is 7.75. The summed E-state index contributed by atoms with van der Waals surface area (Å²) >= 11 is 0. The molecule has 0 aliphatic rings. The summed E-state index contributed by atoms with van der Waals surface area (Å²) in [5.74, 6) is 0. The van der Waals surface area contributed by atoms with Gasteiger partial charge < -0.3 is 5.11 Å². The molecule has 0 aliphatic carbocycles. The molecule has 0 aliphatic heterocycles. The molecule has 0 fully saturated rings. The normalized spacial score (nSPS) is 6.00. The van der Waals surface area contributed by atoms with Crippen LogP contribution >= 0.6 is 0 Å². The molecule has 0 aromatic rings. The maximum absolute atomic E-state index is 7.75. The van der Waals surface area contributed by atoms with Gasteiger partial charge in [-0.25, -0.2) is 6.61 Å². The van der Waals surface area contributed by atoms with E-state index in [1.807, 2.05) is 6.92 Å². The van der Waals surface area contributed by atoms with Crippen LogP contribution in [-0.2, 0) is 32.7 Å². The maximum Gasteiger partial charge on any atom is 3.00 e. The van der Waals surface area contributed by atoms with Crippen LogP contribution < -0.4 is 0 Å². The average Bonchev–Trinajstić information content (AvgIpc) is 1.37. The van der Waals surface area contributed by atoms with Crippen LogP contribution in [0.15, 0.2) is 0 Å². The second kappa shape index (κ2) is 8.91. The van der Waals surface area contributed by atoms with Crippen molar-refractivity contribution in [2.45, 2.75) is 13.3 Å². The number of aliphatic hydroxyl groups is 1. The van der Waals surface area contributed by atoms with Crippen molar-refractivity contribution in [3.8, 4) is 0 Å². The largest absolute Gasteiger partial charge is 3.00 e. The Kier molecular flexibility index (Phi) is 16.8. The van der Waals surface area contributed by atoms with Crippen molar-refractivity contribution in [2.24, 2.45) is 0 Å². The SMILES string of the molecule is CC[CH-]O.[Y+3]. The minimum atomic E-state index is 0. The predicted molar refractivity (Wildman–Crippen MR) is 16.5 cm³/mol. The van der Waals surface area contributed by atoms with Crippen LogP contribution in [0.25, 0.3) is 0 Å². The van der Waals surface area contributed by atoms with E-state index in [1.54, 1.807) is 0 Å².